The Balaban J connectivity index is 0.000000365. The van der Waals surface area contributed by atoms with Gasteiger partial charge in [0, 0.05) is 38.5 Å². The molecule has 2 aromatic rings. The quantitative estimate of drug-likeness (QED) is 0.367. The first kappa shape index (κ1) is 28.2. The van der Waals surface area contributed by atoms with Crippen molar-refractivity contribution in [3.63, 3.8) is 0 Å². The van der Waals surface area contributed by atoms with E-state index >= 15 is 0 Å². The van der Waals surface area contributed by atoms with Crippen molar-refractivity contribution in [2.75, 3.05) is 17.3 Å². The van der Waals surface area contributed by atoms with Crippen molar-refractivity contribution in [3.8, 4) is 0 Å². The SMILES string of the molecule is C/C=C/N(C=C(C)C)c1ccc(C2=CCCC=N2)cc1.CCCCCc1cc(C)c(NC)cc1C.[HH]. The van der Waals surface area contributed by atoms with Crippen LogP contribution in [0.5, 0.6) is 0 Å². The van der Waals surface area contributed by atoms with Gasteiger partial charge in [-0.05, 0) is 101 Å². The first-order valence-electron chi connectivity index (χ1n) is 13.1. The Labute approximate surface area is 215 Å². The Hall–Kier alpha value is -3.07. The minimum Gasteiger partial charge on any atom is -0.388 e. The predicted molar refractivity (Wildman–Crippen MR) is 160 cm³/mol. The van der Waals surface area contributed by atoms with E-state index in [0.717, 1.165) is 24.2 Å². The van der Waals surface area contributed by atoms with Crippen molar-refractivity contribution in [1.29, 1.82) is 0 Å². The lowest BCUT2D eigenvalue weighted by atomic mass is 9.99. The molecular weight excluding hydrogens is 426 g/mol. The predicted octanol–water partition coefficient (Wildman–Crippen LogP) is 9.48. The smallest absolute Gasteiger partial charge is 0.0658 e. The zero-order chi connectivity index (χ0) is 25.6. The fraction of sp³-hybridized carbons (Fsp3) is 0.406. The molecule has 0 amide bonds. The highest BCUT2D eigenvalue weighted by Gasteiger charge is 2.05. The van der Waals surface area contributed by atoms with E-state index < -0.39 is 0 Å². The fourth-order valence-corrected chi connectivity index (χ4v) is 4.13. The van der Waals surface area contributed by atoms with Gasteiger partial charge in [0.1, 0.15) is 0 Å². The van der Waals surface area contributed by atoms with Gasteiger partial charge in [-0.25, -0.2) is 0 Å². The molecule has 3 rings (SSSR count). The van der Waals surface area contributed by atoms with Crippen molar-refractivity contribution in [1.82, 2.24) is 0 Å². The summed E-state index contributed by atoms with van der Waals surface area (Å²) < 4.78 is 0. The zero-order valence-corrected chi connectivity index (χ0v) is 23.0. The van der Waals surface area contributed by atoms with E-state index in [1.54, 1.807) is 0 Å². The average Bonchev–Trinajstić information content (AvgIpc) is 2.86. The second-order valence-corrected chi connectivity index (χ2v) is 9.42. The molecule has 0 bridgehead atoms. The number of allylic oxidation sites excluding steroid dienone is 3. The molecule has 0 atom stereocenters. The summed E-state index contributed by atoms with van der Waals surface area (Å²) in [5.74, 6) is 0. The zero-order valence-electron chi connectivity index (χ0n) is 23.0. The standard InChI is InChI=1S/C18H22N2.C14H23N.H2/c1-4-13-20(14-15(2)3)17-10-8-16(9-11-17)18-7-5-6-12-19-18;1-5-6-7-8-13-9-12(3)14(15-4)10-11(13)2;/h4,7-14H,5-6H2,1-3H3;9-10,15H,5-8H2,1-4H3;1H/b13-4+;;. The average molecular weight is 474 g/mol. The molecule has 0 aliphatic carbocycles. The molecule has 2 aromatic carbocycles. The third-order valence-corrected chi connectivity index (χ3v) is 6.03. The lowest BCUT2D eigenvalue weighted by Crippen LogP contribution is -2.07. The molecule has 35 heavy (non-hydrogen) atoms. The van der Waals surface area contributed by atoms with E-state index in [1.807, 2.05) is 26.3 Å². The number of nitrogens with one attached hydrogen (secondary N) is 1. The maximum absolute atomic E-state index is 4.46. The van der Waals surface area contributed by atoms with Crippen LogP contribution in [0, 0.1) is 13.8 Å². The molecule has 0 aromatic heterocycles. The summed E-state index contributed by atoms with van der Waals surface area (Å²) in [5.41, 5.74) is 10.2. The maximum Gasteiger partial charge on any atom is 0.0658 e. The number of nitrogens with zero attached hydrogens (tertiary/aromatic N) is 2. The Kier molecular flexibility index (Phi) is 12.1. The number of hydrogen-bond acceptors (Lipinski definition) is 3. The van der Waals surface area contributed by atoms with E-state index in [2.05, 4.69) is 105 Å². The van der Waals surface area contributed by atoms with Crippen molar-refractivity contribution < 1.29 is 1.43 Å². The van der Waals surface area contributed by atoms with Crippen LogP contribution in [0.3, 0.4) is 0 Å². The van der Waals surface area contributed by atoms with Gasteiger partial charge in [0.25, 0.3) is 0 Å². The van der Waals surface area contributed by atoms with Crippen LogP contribution in [-0.4, -0.2) is 13.3 Å². The number of aliphatic imine (C=N–C) groups is 1. The third kappa shape index (κ3) is 9.24. The van der Waals surface area contributed by atoms with Crippen LogP contribution in [0.4, 0.5) is 11.4 Å². The molecule has 1 N–H and O–H groups in total. The Morgan fingerprint density at radius 3 is 2.37 bits per heavy atom. The van der Waals surface area contributed by atoms with Crippen LogP contribution in [0.15, 0.2) is 71.5 Å². The number of rotatable bonds is 9. The highest BCUT2D eigenvalue weighted by molar-refractivity contribution is 5.77. The fourth-order valence-electron chi connectivity index (χ4n) is 4.13. The minimum absolute atomic E-state index is 0. The summed E-state index contributed by atoms with van der Waals surface area (Å²) in [5, 5.41) is 3.23. The minimum atomic E-state index is 0. The molecule has 0 fully saturated rings. The van der Waals surface area contributed by atoms with Gasteiger partial charge in [-0.2, -0.15) is 0 Å². The molecular formula is C32H47N3. The van der Waals surface area contributed by atoms with Gasteiger partial charge in [-0.1, -0.05) is 55.7 Å². The third-order valence-electron chi connectivity index (χ3n) is 6.03. The van der Waals surface area contributed by atoms with Gasteiger partial charge in [0.2, 0.25) is 0 Å². The summed E-state index contributed by atoms with van der Waals surface area (Å²) in [6.07, 6.45) is 17.8. The molecule has 1 aliphatic rings. The molecule has 0 unspecified atom stereocenters. The van der Waals surface area contributed by atoms with Crippen LogP contribution in [0.2, 0.25) is 0 Å². The normalized spacial score (nSPS) is 12.6. The van der Waals surface area contributed by atoms with Gasteiger partial charge >= 0.3 is 0 Å². The van der Waals surface area contributed by atoms with Crippen molar-refractivity contribution in [2.24, 2.45) is 4.99 Å². The number of anilines is 2. The van der Waals surface area contributed by atoms with E-state index in [9.17, 15) is 0 Å². The second-order valence-electron chi connectivity index (χ2n) is 9.42. The largest absolute Gasteiger partial charge is 0.388 e. The molecule has 3 heteroatoms. The van der Waals surface area contributed by atoms with Gasteiger partial charge in [-0.3, -0.25) is 4.99 Å². The molecule has 3 nitrogen and oxygen atoms in total. The molecule has 1 heterocycles. The lowest BCUT2D eigenvalue weighted by molar-refractivity contribution is 0.715. The first-order valence-corrected chi connectivity index (χ1v) is 13.1. The highest BCUT2D eigenvalue weighted by atomic mass is 15.1. The monoisotopic (exact) mass is 473 g/mol. The number of aryl methyl sites for hydroxylation is 3. The molecule has 0 saturated heterocycles. The Morgan fingerprint density at radius 2 is 1.80 bits per heavy atom. The number of unbranched alkanes of at least 4 members (excludes halogenated alkanes) is 2. The van der Waals surface area contributed by atoms with E-state index in [4.69, 9.17) is 0 Å². The molecule has 0 spiro atoms. The number of benzene rings is 2. The highest BCUT2D eigenvalue weighted by Crippen LogP contribution is 2.24. The van der Waals surface area contributed by atoms with Crippen molar-refractivity contribution in [3.05, 3.63) is 88.8 Å². The first-order chi connectivity index (χ1) is 16.9. The van der Waals surface area contributed by atoms with Crippen molar-refractivity contribution in [2.45, 2.75) is 80.1 Å². The van der Waals surface area contributed by atoms with Gasteiger partial charge in [0.15, 0.2) is 0 Å². The van der Waals surface area contributed by atoms with Crippen LogP contribution in [-0.2, 0) is 6.42 Å². The summed E-state index contributed by atoms with van der Waals surface area (Å²) in [6.45, 7) is 12.9. The van der Waals surface area contributed by atoms with Gasteiger partial charge in [-0.15, -0.1) is 0 Å². The summed E-state index contributed by atoms with van der Waals surface area (Å²) in [4.78, 5) is 6.59. The van der Waals surface area contributed by atoms with Crippen LogP contribution >= 0.6 is 0 Å². The van der Waals surface area contributed by atoms with E-state index in [1.165, 1.54) is 59.2 Å². The van der Waals surface area contributed by atoms with E-state index in [-0.39, 0.29) is 1.43 Å². The summed E-state index contributed by atoms with van der Waals surface area (Å²) >= 11 is 0. The van der Waals surface area contributed by atoms with Crippen molar-refractivity contribution >= 4 is 23.3 Å². The molecule has 0 radical (unpaired) electrons. The summed E-state index contributed by atoms with van der Waals surface area (Å²) in [7, 11) is 1.98. The Morgan fingerprint density at radius 1 is 1.06 bits per heavy atom. The number of hydrogen-bond donors (Lipinski definition) is 1. The van der Waals surface area contributed by atoms with Gasteiger partial charge in [0.05, 0.1) is 5.70 Å². The molecule has 1 aliphatic heterocycles. The topological polar surface area (TPSA) is 27.6 Å². The maximum atomic E-state index is 4.46. The Bertz CT molecular complexity index is 1040. The van der Waals surface area contributed by atoms with E-state index in [0.29, 0.717) is 0 Å². The van der Waals surface area contributed by atoms with Crippen LogP contribution in [0.1, 0.15) is 83.5 Å². The molecule has 190 valence electrons. The van der Waals surface area contributed by atoms with Crippen LogP contribution in [0.25, 0.3) is 5.70 Å². The molecule has 0 saturated carbocycles. The summed E-state index contributed by atoms with van der Waals surface area (Å²) in [6, 6.07) is 13.1. The second kappa shape index (κ2) is 15.0. The lowest BCUT2D eigenvalue weighted by Gasteiger charge is -2.17. The van der Waals surface area contributed by atoms with Gasteiger partial charge < -0.3 is 10.2 Å². The van der Waals surface area contributed by atoms with Crippen LogP contribution < -0.4 is 10.2 Å².